The van der Waals surface area contributed by atoms with Crippen molar-refractivity contribution in [3.63, 3.8) is 0 Å². The zero-order valence-corrected chi connectivity index (χ0v) is 10.3. The Labute approximate surface area is 107 Å². The molecule has 0 heterocycles. The van der Waals surface area contributed by atoms with Crippen LogP contribution in [0, 0.1) is 0 Å². The standard InChI is InChI=1S/C11H13F3N2O3/c1-18-6-3-7(9(15)8(4-6)19-2)10(17)16-5-11(12,13)14/h3-4H,5,15H2,1-2H3,(H,16,17). The molecule has 0 fully saturated rings. The molecule has 0 saturated heterocycles. The molecule has 0 spiro atoms. The highest BCUT2D eigenvalue weighted by atomic mass is 19.4. The smallest absolute Gasteiger partial charge is 0.405 e. The van der Waals surface area contributed by atoms with Crippen molar-refractivity contribution in [2.75, 3.05) is 26.5 Å². The van der Waals surface area contributed by atoms with Crippen LogP contribution >= 0.6 is 0 Å². The topological polar surface area (TPSA) is 73.6 Å². The molecule has 5 nitrogen and oxygen atoms in total. The number of alkyl halides is 3. The van der Waals surface area contributed by atoms with Gasteiger partial charge >= 0.3 is 6.18 Å². The molecule has 106 valence electrons. The molecule has 0 aliphatic carbocycles. The van der Waals surface area contributed by atoms with E-state index in [2.05, 4.69) is 0 Å². The van der Waals surface area contributed by atoms with Crippen molar-refractivity contribution >= 4 is 11.6 Å². The third kappa shape index (κ3) is 3.94. The molecular weight excluding hydrogens is 265 g/mol. The van der Waals surface area contributed by atoms with Crippen molar-refractivity contribution in [2.45, 2.75) is 6.18 Å². The van der Waals surface area contributed by atoms with Gasteiger partial charge in [0.2, 0.25) is 0 Å². The molecule has 0 atom stereocenters. The SMILES string of the molecule is COc1cc(OC)c(N)c(C(=O)NCC(F)(F)F)c1. The van der Waals surface area contributed by atoms with Gasteiger partial charge in [0.25, 0.3) is 5.91 Å². The van der Waals surface area contributed by atoms with Crippen LogP contribution in [0.15, 0.2) is 12.1 Å². The maximum Gasteiger partial charge on any atom is 0.405 e. The highest BCUT2D eigenvalue weighted by Crippen LogP contribution is 2.31. The van der Waals surface area contributed by atoms with Crippen LogP contribution < -0.4 is 20.5 Å². The van der Waals surface area contributed by atoms with Crippen LogP contribution in [0.3, 0.4) is 0 Å². The summed E-state index contributed by atoms with van der Waals surface area (Å²) in [6.45, 7) is -1.44. The number of nitrogen functional groups attached to an aromatic ring is 1. The third-order valence-electron chi connectivity index (χ3n) is 2.27. The van der Waals surface area contributed by atoms with Gasteiger partial charge in [0.1, 0.15) is 18.0 Å². The predicted molar refractivity (Wildman–Crippen MR) is 62.3 cm³/mol. The van der Waals surface area contributed by atoms with Crippen molar-refractivity contribution in [1.29, 1.82) is 0 Å². The Morgan fingerprint density at radius 1 is 1.32 bits per heavy atom. The lowest BCUT2D eigenvalue weighted by Gasteiger charge is -2.13. The Balaban J connectivity index is 3.01. The lowest BCUT2D eigenvalue weighted by atomic mass is 10.1. The number of nitrogens with two attached hydrogens (primary N) is 1. The predicted octanol–water partition coefficient (Wildman–Crippen LogP) is 1.58. The minimum absolute atomic E-state index is 0.0528. The van der Waals surface area contributed by atoms with Gasteiger partial charge in [-0.1, -0.05) is 0 Å². The van der Waals surface area contributed by atoms with E-state index in [4.69, 9.17) is 15.2 Å². The highest BCUT2D eigenvalue weighted by Gasteiger charge is 2.28. The first-order valence-electron chi connectivity index (χ1n) is 5.15. The van der Waals surface area contributed by atoms with E-state index < -0.39 is 18.6 Å². The summed E-state index contributed by atoms with van der Waals surface area (Å²) in [4.78, 5) is 11.6. The summed E-state index contributed by atoms with van der Waals surface area (Å²) in [5.41, 5.74) is 5.44. The van der Waals surface area contributed by atoms with Crippen LogP contribution in [0.1, 0.15) is 10.4 Å². The fourth-order valence-electron chi connectivity index (χ4n) is 1.35. The average Bonchev–Trinajstić information content (AvgIpc) is 2.35. The molecule has 1 rings (SSSR count). The first kappa shape index (κ1) is 14.9. The summed E-state index contributed by atoms with van der Waals surface area (Å²) >= 11 is 0. The number of hydrogen-bond donors (Lipinski definition) is 2. The summed E-state index contributed by atoms with van der Waals surface area (Å²) in [7, 11) is 2.67. The lowest BCUT2D eigenvalue weighted by Crippen LogP contribution is -2.34. The van der Waals surface area contributed by atoms with Crippen molar-refractivity contribution in [1.82, 2.24) is 5.32 Å². The normalized spacial score (nSPS) is 11.0. The molecule has 0 unspecified atom stereocenters. The second kappa shape index (κ2) is 5.68. The quantitative estimate of drug-likeness (QED) is 0.820. The van der Waals surface area contributed by atoms with Crippen LogP contribution in [-0.4, -0.2) is 32.8 Å². The van der Waals surface area contributed by atoms with E-state index in [9.17, 15) is 18.0 Å². The highest BCUT2D eigenvalue weighted by molar-refractivity contribution is 6.01. The van der Waals surface area contributed by atoms with Crippen LogP contribution in [0.25, 0.3) is 0 Å². The summed E-state index contributed by atoms with van der Waals surface area (Å²) in [5.74, 6) is -0.549. The van der Waals surface area contributed by atoms with Crippen LogP contribution in [0.4, 0.5) is 18.9 Å². The van der Waals surface area contributed by atoms with Gasteiger partial charge in [0.15, 0.2) is 0 Å². The van der Waals surface area contributed by atoms with Crippen LogP contribution in [0.5, 0.6) is 11.5 Å². The number of rotatable bonds is 4. The fraction of sp³-hybridized carbons (Fsp3) is 0.364. The van der Waals surface area contributed by atoms with Gasteiger partial charge in [-0.3, -0.25) is 4.79 Å². The molecule has 3 N–H and O–H groups in total. The Hall–Kier alpha value is -2.12. The van der Waals surface area contributed by atoms with Crippen molar-refractivity contribution in [2.24, 2.45) is 0 Å². The second-order valence-corrected chi connectivity index (χ2v) is 3.59. The molecule has 0 aliphatic heterocycles. The van der Waals surface area contributed by atoms with E-state index in [1.807, 2.05) is 0 Å². The number of hydrogen-bond acceptors (Lipinski definition) is 4. The largest absolute Gasteiger partial charge is 0.497 e. The van der Waals surface area contributed by atoms with Gasteiger partial charge in [0.05, 0.1) is 25.5 Å². The molecule has 1 aromatic rings. The maximum atomic E-state index is 12.0. The molecule has 0 radical (unpaired) electrons. The average molecular weight is 278 g/mol. The number of halogens is 3. The Morgan fingerprint density at radius 2 is 1.95 bits per heavy atom. The number of carbonyl (C=O) groups is 1. The van der Waals surface area contributed by atoms with Crippen molar-refractivity contribution in [3.05, 3.63) is 17.7 Å². The van der Waals surface area contributed by atoms with E-state index in [0.29, 0.717) is 0 Å². The molecule has 19 heavy (non-hydrogen) atoms. The van der Waals surface area contributed by atoms with E-state index in [1.54, 1.807) is 5.32 Å². The Kier molecular flexibility index (Phi) is 4.47. The van der Waals surface area contributed by atoms with Gasteiger partial charge in [-0.25, -0.2) is 0 Å². The van der Waals surface area contributed by atoms with Gasteiger partial charge < -0.3 is 20.5 Å². The first-order valence-corrected chi connectivity index (χ1v) is 5.15. The zero-order valence-electron chi connectivity index (χ0n) is 10.3. The number of nitrogens with one attached hydrogen (secondary N) is 1. The lowest BCUT2D eigenvalue weighted by molar-refractivity contribution is -0.123. The van der Waals surface area contributed by atoms with Gasteiger partial charge in [-0.15, -0.1) is 0 Å². The minimum atomic E-state index is -4.49. The zero-order chi connectivity index (χ0) is 14.6. The Bertz CT molecular complexity index is 475. The van der Waals surface area contributed by atoms with Crippen molar-refractivity contribution in [3.8, 4) is 11.5 Å². The molecule has 0 aliphatic rings. The van der Waals surface area contributed by atoms with Crippen LogP contribution in [0.2, 0.25) is 0 Å². The van der Waals surface area contributed by atoms with E-state index in [0.717, 1.165) is 0 Å². The minimum Gasteiger partial charge on any atom is -0.497 e. The van der Waals surface area contributed by atoms with E-state index >= 15 is 0 Å². The number of carbonyl (C=O) groups excluding carboxylic acids is 1. The molecule has 8 heteroatoms. The molecule has 0 bridgehead atoms. The number of ether oxygens (including phenoxy) is 2. The number of methoxy groups -OCH3 is 2. The maximum absolute atomic E-state index is 12.0. The first-order chi connectivity index (χ1) is 8.78. The van der Waals surface area contributed by atoms with Crippen LogP contribution in [-0.2, 0) is 0 Å². The molecular formula is C11H13F3N2O3. The summed E-state index contributed by atoms with van der Waals surface area (Å²) in [5, 5.41) is 1.73. The van der Waals surface area contributed by atoms with Crippen molar-refractivity contribution < 1.29 is 27.4 Å². The summed E-state index contributed by atoms with van der Waals surface area (Å²) in [6.07, 6.45) is -4.49. The third-order valence-corrected chi connectivity index (χ3v) is 2.27. The molecule has 1 aromatic carbocycles. The summed E-state index contributed by atoms with van der Waals surface area (Å²) in [6, 6.07) is 2.67. The molecule has 1 amide bonds. The van der Waals surface area contributed by atoms with Gasteiger partial charge in [-0.2, -0.15) is 13.2 Å². The second-order valence-electron chi connectivity index (χ2n) is 3.59. The Morgan fingerprint density at radius 3 is 2.42 bits per heavy atom. The van der Waals surface area contributed by atoms with Gasteiger partial charge in [0, 0.05) is 6.07 Å². The monoisotopic (exact) mass is 278 g/mol. The summed E-state index contributed by atoms with van der Waals surface area (Å²) < 4.78 is 45.9. The van der Waals surface area contributed by atoms with E-state index in [1.165, 1.54) is 26.4 Å². The molecule has 0 saturated carbocycles. The fourth-order valence-corrected chi connectivity index (χ4v) is 1.35. The number of amides is 1. The number of anilines is 1. The number of benzene rings is 1. The van der Waals surface area contributed by atoms with E-state index in [-0.39, 0.29) is 22.7 Å². The molecule has 0 aromatic heterocycles. The van der Waals surface area contributed by atoms with Gasteiger partial charge in [-0.05, 0) is 6.07 Å².